The van der Waals surface area contributed by atoms with Gasteiger partial charge in [-0.25, -0.2) is 26.5 Å². The first-order chi connectivity index (χ1) is 18.4. The Morgan fingerprint density at radius 1 is 1.28 bits per heavy atom. The lowest BCUT2D eigenvalue weighted by molar-refractivity contribution is -0.00914. The summed E-state index contributed by atoms with van der Waals surface area (Å²) in [5.41, 5.74) is -1.35. The van der Waals surface area contributed by atoms with Gasteiger partial charge in [-0.1, -0.05) is 0 Å². The number of carbonyl (C=O) groups excluding carboxylic acids is 1. The lowest BCUT2D eigenvalue weighted by Crippen LogP contribution is -2.74. The topological polar surface area (TPSA) is 128 Å². The molecule has 210 valence electrons. The van der Waals surface area contributed by atoms with Crippen molar-refractivity contribution < 1.29 is 26.7 Å². The van der Waals surface area contributed by atoms with Crippen molar-refractivity contribution in [2.24, 2.45) is 5.92 Å². The monoisotopic (exact) mass is 562 g/mol. The average molecular weight is 563 g/mol. The SMILES string of the molecule is COC1CC(CN2CC[C@]3(C2)[C@@](C)(c2cc(NC(=O)c4ccc(F)cn4)ccc2F)NC(=N)N(C)S3(=O)=O)C1. The first-order valence-corrected chi connectivity index (χ1v) is 14.2. The smallest absolute Gasteiger partial charge is 0.274 e. The highest BCUT2D eigenvalue weighted by Gasteiger charge is 2.66. The van der Waals surface area contributed by atoms with Gasteiger partial charge in [0.05, 0.1) is 17.8 Å². The minimum absolute atomic E-state index is 0.0127. The van der Waals surface area contributed by atoms with Crippen LogP contribution in [0.1, 0.15) is 42.2 Å². The minimum Gasteiger partial charge on any atom is -0.381 e. The summed E-state index contributed by atoms with van der Waals surface area (Å²) in [6.45, 7) is 2.96. The summed E-state index contributed by atoms with van der Waals surface area (Å²) in [6.07, 6.45) is 3.19. The van der Waals surface area contributed by atoms with E-state index in [0.29, 0.717) is 19.0 Å². The van der Waals surface area contributed by atoms with Crippen LogP contribution >= 0.6 is 0 Å². The van der Waals surface area contributed by atoms with Gasteiger partial charge < -0.3 is 20.3 Å². The van der Waals surface area contributed by atoms with Crippen LogP contribution in [0.5, 0.6) is 0 Å². The number of guanidine groups is 1. The number of likely N-dealkylation sites (tertiary alicyclic amines) is 1. The van der Waals surface area contributed by atoms with E-state index in [1.807, 2.05) is 0 Å². The molecule has 2 aromatic rings. The summed E-state index contributed by atoms with van der Waals surface area (Å²) in [5, 5.41) is 14.0. The van der Waals surface area contributed by atoms with Crippen LogP contribution in [0.15, 0.2) is 36.5 Å². The maximum atomic E-state index is 15.6. The van der Waals surface area contributed by atoms with Gasteiger partial charge in [-0.3, -0.25) is 10.2 Å². The minimum atomic E-state index is -4.10. The highest BCUT2D eigenvalue weighted by Crippen LogP contribution is 2.50. The first-order valence-electron chi connectivity index (χ1n) is 12.7. The number of anilines is 1. The Bertz CT molecular complexity index is 1400. The number of nitrogens with zero attached hydrogens (tertiary/aromatic N) is 3. The van der Waals surface area contributed by atoms with Crippen molar-refractivity contribution in [1.29, 1.82) is 5.41 Å². The third kappa shape index (κ3) is 4.45. The summed E-state index contributed by atoms with van der Waals surface area (Å²) in [5.74, 6) is -1.87. The van der Waals surface area contributed by atoms with Gasteiger partial charge in [0, 0.05) is 38.5 Å². The number of halogens is 2. The molecule has 1 aromatic carbocycles. The molecule has 2 saturated heterocycles. The van der Waals surface area contributed by atoms with Crippen molar-refractivity contribution in [2.45, 2.75) is 42.6 Å². The molecule has 3 fully saturated rings. The number of nitrogens with one attached hydrogen (secondary N) is 3. The summed E-state index contributed by atoms with van der Waals surface area (Å²) >= 11 is 0. The van der Waals surface area contributed by atoms with E-state index in [2.05, 4.69) is 20.5 Å². The average Bonchev–Trinajstić information content (AvgIpc) is 3.32. The van der Waals surface area contributed by atoms with Crippen LogP contribution in [0.25, 0.3) is 0 Å². The van der Waals surface area contributed by atoms with Crippen molar-refractivity contribution >= 4 is 27.6 Å². The van der Waals surface area contributed by atoms with Gasteiger partial charge in [-0.05, 0) is 69.0 Å². The predicted octanol–water partition coefficient (Wildman–Crippen LogP) is 2.50. The molecule has 1 aliphatic carbocycles. The number of amides is 1. The first kappa shape index (κ1) is 27.4. The van der Waals surface area contributed by atoms with Crippen molar-refractivity contribution in [1.82, 2.24) is 19.5 Å². The predicted molar refractivity (Wildman–Crippen MR) is 141 cm³/mol. The molecular formula is C26H32F2N6O4S. The number of aromatic nitrogens is 1. The van der Waals surface area contributed by atoms with Crippen molar-refractivity contribution in [3.63, 3.8) is 0 Å². The number of sulfonamides is 1. The van der Waals surface area contributed by atoms with E-state index in [0.717, 1.165) is 35.5 Å². The van der Waals surface area contributed by atoms with E-state index < -0.39 is 37.9 Å². The van der Waals surface area contributed by atoms with Crippen LogP contribution in [0.4, 0.5) is 14.5 Å². The fourth-order valence-electron chi connectivity index (χ4n) is 6.09. The van der Waals surface area contributed by atoms with Gasteiger partial charge in [-0.15, -0.1) is 0 Å². The molecule has 39 heavy (non-hydrogen) atoms. The highest BCUT2D eigenvalue weighted by molar-refractivity contribution is 7.91. The fourth-order valence-corrected chi connectivity index (χ4v) is 8.27. The number of pyridine rings is 1. The molecule has 2 atom stereocenters. The van der Waals surface area contributed by atoms with E-state index >= 15 is 4.39 Å². The Hall–Kier alpha value is -3.16. The van der Waals surface area contributed by atoms with Crippen molar-refractivity contribution in [2.75, 3.05) is 39.1 Å². The zero-order valence-corrected chi connectivity index (χ0v) is 22.8. The molecule has 1 spiro atoms. The molecule has 3 aliphatic rings. The van der Waals surface area contributed by atoms with Crippen LogP contribution in [0.2, 0.25) is 0 Å². The molecule has 0 unspecified atom stereocenters. The molecule has 1 aromatic heterocycles. The maximum Gasteiger partial charge on any atom is 0.274 e. The number of rotatable bonds is 6. The largest absolute Gasteiger partial charge is 0.381 e. The molecule has 3 N–H and O–H groups in total. The second-order valence-corrected chi connectivity index (χ2v) is 13.0. The molecule has 1 saturated carbocycles. The Morgan fingerprint density at radius 2 is 2.03 bits per heavy atom. The van der Waals surface area contributed by atoms with Crippen LogP contribution in [0.3, 0.4) is 0 Å². The van der Waals surface area contributed by atoms with Gasteiger partial charge in [0.25, 0.3) is 5.91 Å². The number of ether oxygens (including phenoxy) is 1. The van der Waals surface area contributed by atoms with Gasteiger partial charge in [0.15, 0.2) is 0 Å². The lowest BCUT2D eigenvalue weighted by atomic mass is 9.77. The van der Waals surface area contributed by atoms with E-state index in [-0.39, 0.29) is 42.0 Å². The molecular weight excluding hydrogens is 530 g/mol. The van der Waals surface area contributed by atoms with Crippen LogP contribution in [-0.2, 0) is 20.3 Å². The quantitative estimate of drug-likeness (QED) is 0.494. The molecule has 5 rings (SSSR count). The third-order valence-corrected chi connectivity index (χ3v) is 11.2. The van der Waals surface area contributed by atoms with Crippen molar-refractivity contribution in [3.8, 4) is 0 Å². The summed E-state index contributed by atoms with van der Waals surface area (Å²) in [6, 6.07) is 6.23. The fraction of sp³-hybridized carbons (Fsp3) is 0.500. The Balaban J connectivity index is 1.49. The highest BCUT2D eigenvalue weighted by atomic mass is 32.2. The Labute approximate surface area is 226 Å². The number of carbonyl (C=O) groups is 1. The molecule has 10 nitrogen and oxygen atoms in total. The van der Waals surface area contributed by atoms with E-state index in [9.17, 15) is 17.6 Å². The number of benzene rings is 1. The van der Waals surface area contributed by atoms with Gasteiger partial charge in [0.2, 0.25) is 16.0 Å². The molecule has 0 radical (unpaired) electrons. The van der Waals surface area contributed by atoms with Crippen LogP contribution < -0.4 is 10.6 Å². The second kappa shape index (κ2) is 9.79. The standard InChI is InChI=1S/C26H32F2N6O4S/c1-25(20-12-18(5-6-21(20)28)31-23(35)22-7-4-17(27)13-30-22)26(39(36,37)33(2)24(29)32-25)8-9-34(15-26)14-16-10-19(11-16)38-3/h4-7,12-13,16,19H,8-11,14-15H2,1-3H3,(H2,29,32)(H,31,35)/t16?,19?,25-,26+/m1/s1. The zero-order chi connectivity index (χ0) is 28.2. The van der Waals surface area contributed by atoms with Crippen LogP contribution in [0, 0.1) is 23.0 Å². The zero-order valence-electron chi connectivity index (χ0n) is 22.0. The van der Waals surface area contributed by atoms with Gasteiger partial charge in [-0.2, -0.15) is 0 Å². The molecule has 3 heterocycles. The second-order valence-electron chi connectivity index (χ2n) is 10.8. The van der Waals surface area contributed by atoms with E-state index in [1.165, 1.54) is 25.2 Å². The lowest BCUT2D eigenvalue weighted by Gasteiger charge is -2.53. The Kier molecular flexibility index (Phi) is 6.88. The van der Waals surface area contributed by atoms with E-state index in [4.69, 9.17) is 10.1 Å². The van der Waals surface area contributed by atoms with Gasteiger partial charge in [0.1, 0.15) is 22.1 Å². The van der Waals surface area contributed by atoms with Gasteiger partial charge >= 0.3 is 0 Å². The third-order valence-electron chi connectivity index (χ3n) is 8.52. The molecule has 2 aliphatic heterocycles. The summed E-state index contributed by atoms with van der Waals surface area (Å²) < 4.78 is 61.6. The van der Waals surface area contributed by atoms with E-state index in [1.54, 1.807) is 14.0 Å². The molecule has 13 heteroatoms. The maximum absolute atomic E-state index is 15.6. The molecule has 1 amide bonds. The Morgan fingerprint density at radius 3 is 2.69 bits per heavy atom. The number of methoxy groups -OCH3 is 1. The number of hydrogen-bond donors (Lipinski definition) is 3. The summed E-state index contributed by atoms with van der Waals surface area (Å²) in [7, 11) is -1.09. The number of hydrogen-bond acceptors (Lipinski definition) is 7. The summed E-state index contributed by atoms with van der Waals surface area (Å²) in [4.78, 5) is 18.6. The van der Waals surface area contributed by atoms with Crippen LogP contribution in [-0.4, -0.2) is 79.1 Å². The molecule has 0 bridgehead atoms. The normalized spacial score (nSPS) is 30.2. The van der Waals surface area contributed by atoms with Crippen molar-refractivity contribution in [3.05, 3.63) is 59.4 Å².